The van der Waals surface area contributed by atoms with Gasteiger partial charge < -0.3 is 14.4 Å². The number of nitrogens with zero attached hydrogens (tertiary/aromatic N) is 1. The van der Waals surface area contributed by atoms with E-state index >= 15 is 0 Å². The third-order valence-corrected chi connectivity index (χ3v) is 2.15. The zero-order valence-corrected chi connectivity index (χ0v) is 8.61. The first-order valence-corrected chi connectivity index (χ1v) is 4.65. The molecule has 0 aliphatic carbocycles. The van der Waals surface area contributed by atoms with Crippen LogP contribution in [-0.4, -0.2) is 17.4 Å². The molecule has 1 heterocycles. The number of ether oxygens (including phenoxy) is 1. The Morgan fingerprint density at radius 2 is 2.25 bits per heavy atom. The number of halogens is 1. The Morgan fingerprint density at radius 3 is 2.88 bits per heavy atom. The summed E-state index contributed by atoms with van der Waals surface area (Å²) in [5, 5.41) is 12.5. The summed E-state index contributed by atoms with van der Waals surface area (Å²) in [6.45, 7) is -0.221. The average molecular weight is 223 g/mol. The van der Waals surface area contributed by atoms with Crippen LogP contribution in [0.4, 0.5) is 4.39 Å². The molecule has 0 unspecified atom stereocenters. The maximum absolute atomic E-state index is 13.1. The molecule has 1 aromatic carbocycles. The quantitative estimate of drug-likeness (QED) is 0.864. The summed E-state index contributed by atoms with van der Waals surface area (Å²) >= 11 is 0. The lowest BCUT2D eigenvalue weighted by atomic mass is 10.1. The van der Waals surface area contributed by atoms with Crippen LogP contribution in [0.5, 0.6) is 5.75 Å². The second kappa shape index (κ2) is 4.32. The smallest absolute Gasteiger partial charge is 0.171 e. The van der Waals surface area contributed by atoms with Gasteiger partial charge in [0.05, 0.1) is 19.3 Å². The lowest BCUT2D eigenvalue weighted by Gasteiger charge is -2.04. The van der Waals surface area contributed by atoms with Crippen molar-refractivity contribution in [3.05, 3.63) is 35.8 Å². The predicted molar refractivity (Wildman–Crippen MR) is 54.4 cm³/mol. The lowest BCUT2D eigenvalue weighted by molar-refractivity contribution is 0.267. The van der Waals surface area contributed by atoms with Crippen LogP contribution in [0.1, 0.15) is 5.69 Å². The third kappa shape index (κ3) is 1.90. The molecule has 5 heteroatoms. The molecule has 0 saturated heterocycles. The van der Waals surface area contributed by atoms with Crippen molar-refractivity contribution in [2.45, 2.75) is 6.61 Å². The lowest BCUT2D eigenvalue weighted by Crippen LogP contribution is -1.88. The van der Waals surface area contributed by atoms with Crippen molar-refractivity contribution in [2.75, 3.05) is 7.11 Å². The van der Waals surface area contributed by atoms with E-state index in [4.69, 9.17) is 14.4 Å². The van der Waals surface area contributed by atoms with Gasteiger partial charge in [-0.2, -0.15) is 0 Å². The fraction of sp³-hybridized carbons (Fsp3) is 0.182. The van der Waals surface area contributed by atoms with E-state index in [1.807, 2.05) is 0 Å². The Kier molecular flexibility index (Phi) is 2.87. The molecule has 0 atom stereocenters. The zero-order chi connectivity index (χ0) is 11.5. The van der Waals surface area contributed by atoms with Crippen LogP contribution in [0.25, 0.3) is 11.3 Å². The number of aliphatic hydroxyl groups excluding tert-OH is 1. The highest BCUT2D eigenvalue weighted by Crippen LogP contribution is 2.30. The van der Waals surface area contributed by atoms with E-state index in [0.717, 1.165) is 0 Å². The first kappa shape index (κ1) is 10.6. The van der Waals surface area contributed by atoms with E-state index in [1.165, 1.54) is 31.4 Å². The molecule has 2 rings (SSSR count). The van der Waals surface area contributed by atoms with Crippen molar-refractivity contribution in [1.82, 2.24) is 5.16 Å². The highest BCUT2D eigenvalue weighted by atomic mass is 19.1. The number of rotatable bonds is 3. The molecule has 0 aliphatic rings. The van der Waals surface area contributed by atoms with Gasteiger partial charge in [-0.05, 0) is 18.2 Å². The molecule has 16 heavy (non-hydrogen) atoms. The third-order valence-electron chi connectivity index (χ3n) is 2.15. The molecule has 2 aromatic rings. The van der Waals surface area contributed by atoms with Crippen LogP contribution >= 0.6 is 0 Å². The normalized spacial score (nSPS) is 10.4. The molecular formula is C11H10FNO3. The minimum Gasteiger partial charge on any atom is -0.496 e. The molecule has 1 N–H and O–H groups in total. The Balaban J connectivity index is 2.49. The molecular weight excluding hydrogens is 213 g/mol. The van der Waals surface area contributed by atoms with Gasteiger partial charge in [0.2, 0.25) is 0 Å². The highest BCUT2D eigenvalue weighted by molar-refractivity contribution is 5.65. The summed E-state index contributed by atoms with van der Waals surface area (Å²) in [6, 6.07) is 5.63. The zero-order valence-electron chi connectivity index (χ0n) is 8.61. The van der Waals surface area contributed by atoms with E-state index < -0.39 is 5.82 Å². The molecule has 0 fully saturated rings. The van der Waals surface area contributed by atoms with Gasteiger partial charge >= 0.3 is 0 Å². The summed E-state index contributed by atoms with van der Waals surface area (Å²) < 4.78 is 23.2. The predicted octanol–water partition coefficient (Wildman–Crippen LogP) is 1.98. The van der Waals surface area contributed by atoms with Gasteiger partial charge in [0, 0.05) is 6.07 Å². The van der Waals surface area contributed by atoms with Gasteiger partial charge in [-0.3, -0.25) is 0 Å². The van der Waals surface area contributed by atoms with Crippen LogP contribution in [0.3, 0.4) is 0 Å². The number of aliphatic hydroxyl groups is 1. The van der Waals surface area contributed by atoms with E-state index in [-0.39, 0.29) is 6.61 Å². The van der Waals surface area contributed by atoms with Gasteiger partial charge in [0.25, 0.3) is 0 Å². The fourth-order valence-corrected chi connectivity index (χ4v) is 1.39. The first-order valence-electron chi connectivity index (χ1n) is 4.65. The van der Waals surface area contributed by atoms with Crippen molar-refractivity contribution in [1.29, 1.82) is 0 Å². The maximum Gasteiger partial charge on any atom is 0.171 e. The SMILES string of the molecule is COc1ccc(F)cc1-c1cc(CO)no1. The van der Waals surface area contributed by atoms with E-state index in [2.05, 4.69) is 5.16 Å². The summed E-state index contributed by atoms with van der Waals surface area (Å²) in [7, 11) is 1.49. The number of aromatic nitrogens is 1. The number of benzene rings is 1. The monoisotopic (exact) mass is 223 g/mol. The van der Waals surface area contributed by atoms with Crippen molar-refractivity contribution >= 4 is 0 Å². The Labute approximate surface area is 91.3 Å². The largest absolute Gasteiger partial charge is 0.496 e. The van der Waals surface area contributed by atoms with Gasteiger partial charge in [-0.15, -0.1) is 0 Å². The minimum absolute atomic E-state index is 0.221. The molecule has 1 aromatic heterocycles. The molecule has 0 bridgehead atoms. The highest BCUT2D eigenvalue weighted by Gasteiger charge is 2.12. The van der Waals surface area contributed by atoms with E-state index in [9.17, 15) is 4.39 Å². The number of methoxy groups -OCH3 is 1. The first-order chi connectivity index (χ1) is 7.74. The van der Waals surface area contributed by atoms with Crippen molar-refractivity contribution in [3.63, 3.8) is 0 Å². The van der Waals surface area contributed by atoms with Crippen LogP contribution in [0, 0.1) is 5.82 Å². The summed E-state index contributed by atoms with van der Waals surface area (Å²) in [4.78, 5) is 0. The molecule has 0 spiro atoms. The average Bonchev–Trinajstić information content (AvgIpc) is 2.77. The van der Waals surface area contributed by atoms with Crippen molar-refractivity contribution in [2.24, 2.45) is 0 Å². The Bertz CT molecular complexity index is 496. The second-order valence-corrected chi connectivity index (χ2v) is 3.19. The Morgan fingerprint density at radius 1 is 1.44 bits per heavy atom. The topological polar surface area (TPSA) is 55.5 Å². The summed E-state index contributed by atoms with van der Waals surface area (Å²) in [5.41, 5.74) is 0.857. The van der Waals surface area contributed by atoms with Crippen LogP contribution in [-0.2, 0) is 6.61 Å². The van der Waals surface area contributed by atoms with Crippen LogP contribution < -0.4 is 4.74 Å². The fourth-order valence-electron chi connectivity index (χ4n) is 1.39. The molecule has 0 aliphatic heterocycles. The van der Waals surface area contributed by atoms with Crippen molar-refractivity contribution in [3.8, 4) is 17.1 Å². The van der Waals surface area contributed by atoms with Crippen LogP contribution in [0.2, 0.25) is 0 Å². The molecule has 0 amide bonds. The van der Waals surface area contributed by atoms with Crippen LogP contribution in [0.15, 0.2) is 28.8 Å². The molecule has 4 nitrogen and oxygen atoms in total. The van der Waals surface area contributed by atoms with E-state index in [0.29, 0.717) is 22.8 Å². The number of hydrogen-bond acceptors (Lipinski definition) is 4. The standard InChI is InChI=1S/C11H10FNO3/c1-15-10-3-2-7(12)4-9(10)11-5-8(6-14)13-16-11/h2-5,14H,6H2,1H3. The second-order valence-electron chi connectivity index (χ2n) is 3.19. The van der Waals surface area contributed by atoms with Gasteiger partial charge in [-0.25, -0.2) is 4.39 Å². The number of hydrogen-bond donors (Lipinski definition) is 1. The van der Waals surface area contributed by atoms with E-state index in [1.54, 1.807) is 0 Å². The van der Waals surface area contributed by atoms with Gasteiger partial charge in [-0.1, -0.05) is 5.16 Å². The minimum atomic E-state index is -0.391. The maximum atomic E-state index is 13.1. The summed E-state index contributed by atoms with van der Waals surface area (Å²) in [6.07, 6.45) is 0. The molecule has 0 saturated carbocycles. The van der Waals surface area contributed by atoms with Crippen molar-refractivity contribution < 1.29 is 18.8 Å². The Hall–Kier alpha value is -1.88. The van der Waals surface area contributed by atoms with Gasteiger partial charge in [0.1, 0.15) is 17.3 Å². The summed E-state index contributed by atoms with van der Waals surface area (Å²) in [5.74, 6) is 0.459. The molecule has 0 radical (unpaired) electrons. The molecule has 84 valence electrons. The van der Waals surface area contributed by atoms with Gasteiger partial charge in [0.15, 0.2) is 5.76 Å².